The van der Waals surface area contributed by atoms with Gasteiger partial charge < -0.3 is 20.1 Å². The van der Waals surface area contributed by atoms with Crippen molar-refractivity contribution in [1.82, 2.24) is 14.8 Å². The summed E-state index contributed by atoms with van der Waals surface area (Å²) >= 11 is 1.29. The molecule has 0 saturated heterocycles. The van der Waals surface area contributed by atoms with E-state index in [-0.39, 0.29) is 11.7 Å². The molecule has 1 heterocycles. The maximum absolute atomic E-state index is 12.6. The van der Waals surface area contributed by atoms with Crippen LogP contribution in [-0.2, 0) is 16.1 Å². The van der Waals surface area contributed by atoms with Gasteiger partial charge in [-0.05, 0) is 60.7 Å². The molecule has 4 aromatic rings. The lowest BCUT2D eigenvalue weighted by Gasteiger charge is -2.12. The van der Waals surface area contributed by atoms with Crippen LogP contribution in [0.3, 0.4) is 0 Å². The molecule has 1 amide bonds. The van der Waals surface area contributed by atoms with Crippen molar-refractivity contribution < 1.29 is 19.1 Å². The lowest BCUT2D eigenvalue weighted by atomic mass is 10.2. The van der Waals surface area contributed by atoms with Gasteiger partial charge in [0.25, 0.3) is 0 Å². The van der Waals surface area contributed by atoms with Gasteiger partial charge in [0.05, 0.1) is 32.1 Å². The average molecular weight is 504 g/mol. The number of nitrogens with zero attached hydrogens (tertiary/aromatic N) is 3. The van der Waals surface area contributed by atoms with E-state index in [2.05, 4.69) is 20.8 Å². The van der Waals surface area contributed by atoms with Crippen molar-refractivity contribution in [2.45, 2.75) is 11.7 Å². The minimum absolute atomic E-state index is 0.135. The predicted octanol–water partition coefficient (Wildman–Crippen LogP) is 4.41. The fourth-order valence-electron chi connectivity index (χ4n) is 3.37. The number of ether oxygens (including phenoxy) is 2. The number of rotatable bonds is 10. The summed E-state index contributed by atoms with van der Waals surface area (Å²) in [6, 6.07) is 23.9. The topological polar surface area (TPSA) is 107 Å². The number of para-hydroxylation sites is 1. The molecule has 3 aromatic carbocycles. The SMILES string of the molecule is COC(=O)c1ccc(NC(=O)CSc2nnc(CNc3ccc(OC)cc3)n2-c2ccccc2)cc1. The van der Waals surface area contributed by atoms with Gasteiger partial charge >= 0.3 is 5.97 Å². The van der Waals surface area contributed by atoms with Gasteiger partial charge in [0.15, 0.2) is 11.0 Å². The van der Waals surface area contributed by atoms with Crippen LogP contribution in [0.25, 0.3) is 5.69 Å². The summed E-state index contributed by atoms with van der Waals surface area (Å²) in [5, 5.41) is 15.5. The van der Waals surface area contributed by atoms with Crippen molar-refractivity contribution in [3.63, 3.8) is 0 Å². The lowest BCUT2D eigenvalue weighted by Crippen LogP contribution is -2.15. The Hall–Kier alpha value is -4.31. The Labute approximate surface area is 212 Å². The third-order valence-electron chi connectivity index (χ3n) is 5.18. The van der Waals surface area contributed by atoms with Gasteiger partial charge in [-0.2, -0.15) is 0 Å². The summed E-state index contributed by atoms with van der Waals surface area (Å²) < 4.78 is 11.8. The van der Waals surface area contributed by atoms with E-state index < -0.39 is 5.97 Å². The number of esters is 1. The highest BCUT2D eigenvalue weighted by Crippen LogP contribution is 2.23. The highest BCUT2D eigenvalue weighted by molar-refractivity contribution is 7.99. The van der Waals surface area contributed by atoms with Crippen LogP contribution >= 0.6 is 11.8 Å². The van der Waals surface area contributed by atoms with Gasteiger partial charge in [-0.3, -0.25) is 9.36 Å². The highest BCUT2D eigenvalue weighted by Gasteiger charge is 2.16. The molecule has 1 aromatic heterocycles. The molecule has 10 heteroatoms. The fourth-order valence-corrected chi connectivity index (χ4v) is 4.14. The summed E-state index contributed by atoms with van der Waals surface area (Å²) in [4.78, 5) is 24.1. The number of benzene rings is 3. The lowest BCUT2D eigenvalue weighted by molar-refractivity contribution is -0.113. The number of carbonyl (C=O) groups excluding carboxylic acids is 2. The smallest absolute Gasteiger partial charge is 0.337 e. The van der Waals surface area contributed by atoms with Gasteiger partial charge in [0.1, 0.15) is 5.75 Å². The Morgan fingerprint density at radius 2 is 1.58 bits per heavy atom. The average Bonchev–Trinajstić information content (AvgIpc) is 3.34. The monoisotopic (exact) mass is 503 g/mol. The second-order valence-corrected chi connectivity index (χ2v) is 8.50. The number of thioether (sulfide) groups is 1. The number of hydrogen-bond acceptors (Lipinski definition) is 8. The maximum Gasteiger partial charge on any atom is 0.337 e. The second-order valence-electron chi connectivity index (χ2n) is 7.56. The molecule has 0 saturated carbocycles. The van der Waals surface area contributed by atoms with E-state index in [9.17, 15) is 9.59 Å². The van der Waals surface area contributed by atoms with E-state index in [1.54, 1.807) is 31.4 Å². The minimum atomic E-state index is -0.430. The Balaban J connectivity index is 1.44. The Bertz CT molecular complexity index is 1310. The molecule has 0 radical (unpaired) electrons. The molecule has 0 spiro atoms. The molecule has 9 nitrogen and oxygen atoms in total. The van der Waals surface area contributed by atoms with E-state index in [0.29, 0.717) is 28.8 Å². The largest absolute Gasteiger partial charge is 0.497 e. The van der Waals surface area contributed by atoms with Crippen LogP contribution in [0.2, 0.25) is 0 Å². The molecule has 0 aliphatic rings. The minimum Gasteiger partial charge on any atom is -0.497 e. The zero-order valence-corrected chi connectivity index (χ0v) is 20.6. The van der Waals surface area contributed by atoms with E-state index in [1.165, 1.54) is 18.9 Å². The first-order valence-electron chi connectivity index (χ1n) is 11.1. The fraction of sp³-hybridized carbons (Fsp3) is 0.154. The zero-order valence-electron chi connectivity index (χ0n) is 19.8. The third kappa shape index (κ3) is 6.22. The van der Waals surface area contributed by atoms with Crippen molar-refractivity contribution in [2.24, 2.45) is 0 Å². The van der Waals surface area contributed by atoms with Crippen LogP contribution in [-0.4, -0.2) is 46.6 Å². The predicted molar refractivity (Wildman–Crippen MR) is 139 cm³/mol. The van der Waals surface area contributed by atoms with Crippen molar-refractivity contribution in [3.05, 3.63) is 90.3 Å². The number of anilines is 2. The Morgan fingerprint density at radius 3 is 2.25 bits per heavy atom. The molecule has 4 rings (SSSR count). The van der Waals surface area contributed by atoms with Crippen LogP contribution in [0.1, 0.15) is 16.2 Å². The zero-order chi connectivity index (χ0) is 25.3. The first-order valence-corrected chi connectivity index (χ1v) is 12.0. The molecule has 184 valence electrons. The Kier molecular flexibility index (Phi) is 8.20. The quantitative estimate of drug-likeness (QED) is 0.242. The number of methoxy groups -OCH3 is 2. The molecule has 0 fully saturated rings. The standard InChI is InChI=1S/C26H25N5O4S/c1-34-22-14-12-19(13-15-22)27-16-23-29-30-26(31(23)21-6-4-3-5-7-21)36-17-24(32)28-20-10-8-18(9-11-20)25(33)35-2/h3-15,27H,16-17H2,1-2H3,(H,28,32). The van der Waals surface area contributed by atoms with Gasteiger partial charge in [-0.15, -0.1) is 10.2 Å². The molecular weight excluding hydrogens is 478 g/mol. The van der Waals surface area contributed by atoms with E-state index in [1.807, 2.05) is 59.2 Å². The van der Waals surface area contributed by atoms with Gasteiger partial charge in [0, 0.05) is 17.1 Å². The van der Waals surface area contributed by atoms with Crippen LogP contribution < -0.4 is 15.4 Å². The van der Waals surface area contributed by atoms with Crippen LogP contribution in [0, 0.1) is 0 Å². The maximum atomic E-state index is 12.6. The Morgan fingerprint density at radius 1 is 0.889 bits per heavy atom. The van der Waals surface area contributed by atoms with Crippen molar-refractivity contribution in [2.75, 3.05) is 30.6 Å². The molecule has 0 bridgehead atoms. The van der Waals surface area contributed by atoms with Gasteiger partial charge in [-0.1, -0.05) is 30.0 Å². The molecule has 0 aliphatic carbocycles. The third-order valence-corrected chi connectivity index (χ3v) is 6.11. The van der Waals surface area contributed by atoms with Crippen LogP contribution in [0.15, 0.2) is 84.0 Å². The summed E-state index contributed by atoms with van der Waals surface area (Å²) in [6.07, 6.45) is 0. The van der Waals surface area contributed by atoms with Crippen molar-refractivity contribution >= 4 is 35.0 Å². The van der Waals surface area contributed by atoms with E-state index >= 15 is 0 Å². The first-order chi connectivity index (χ1) is 17.6. The molecule has 0 unspecified atom stereocenters. The number of aromatic nitrogens is 3. The van der Waals surface area contributed by atoms with E-state index in [4.69, 9.17) is 9.47 Å². The number of carbonyl (C=O) groups is 2. The number of amides is 1. The van der Waals surface area contributed by atoms with Crippen LogP contribution in [0.5, 0.6) is 5.75 Å². The molecular formula is C26H25N5O4S. The molecule has 2 N–H and O–H groups in total. The highest BCUT2D eigenvalue weighted by atomic mass is 32.2. The van der Waals surface area contributed by atoms with Crippen LogP contribution in [0.4, 0.5) is 11.4 Å². The van der Waals surface area contributed by atoms with Gasteiger partial charge in [-0.25, -0.2) is 4.79 Å². The molecule has 36 heavy (non-hydrogen) atoms. The number of hydrogen-bond donors (Lipinski definition) is 2. The summed E-state index contributed by atoms with van der Waals surface area (Å²) in [7, 11) is 2.95. The van der Waals surface area contributed by atoms with E-state index in [0.717, 1.165) is 17.1 Å². The normalized spacial score (nSPS) is 10.5. The molecule has 0 aliphatic heterocycles. The second kappa shape index (κ2) is 11.9. The molecule has 0 atom stereocenters. The van der Waals surface area contributed by atoms with Crippen molar-refractivity contribution in [1.29, 1.82) is 0 Å². The van der Waals surface area contributed by atoms with Gasteiger partial charge in [0.2, 0.25) is 5.91 Å². The summed E-state index contributed by atoms with van der Waals surface area (Å²) in [5.74, 6) is 0.991. The van der Waals surface area contributed by atoms with Crippen molar-refractivity contribution in [3.8, 4) is 11.4 Å². The summed E-state index contributed by atoms with van der Waals surface area (Å²) in [6.45, 7) is 0.438. The first kappa shape index (κ1) is 24.8. The summed E-state index contributed by atoms with van der Waals surface area (Å²) in [5.41, 5.74) is 2.82. The number of nitrogens with one attached hydrogen (secondary N) is 2.